The number of hydrogen-bond donors (Lipinski definition) is 2. The summed E-state index contributed by atoms with van der Waals surface area (Å²) in [5.74, 6) is 0. The van der Waals surface area contributed by atoms with Crippen LogP contribution in [0.2, 0.25) is 0 Å². The van der Waals surface area contributed by atoms with Crippen LogP contribution >= 0.6 is 11.3 Å². The Morgan fingerprint density at radius 3 is 3.00 bits per heavy atom. The van der Waals surface area contributed by atoms with Gasteiger partial charge in [-0.05, 0) is 25.5 Å². The van der Waals surface area contributed by atoms with Crippen molar-refractivity contribution in [3.8, 4) is 10.6 Å². The van der Waals surface area contributed by atoms with E-state index < -0.39 is 6.10 Å². The Balaban J connectivity index is 1.99. The molecule has 0 fully saturated rings. The Morgan fingerprint density at radius 2 is 2.33 bits per heavy atom. The molecule has 1 unspecified atom stereocenters. The molecule has 1 aromatic carbocycles. The number of urea groups is 1. The van der Waals surface area contributed by atoms with Crippen LogP contribution in [0.4, 0.5) is 10.5 Å². The minimum atomic E-state index is -0.409. The van der Waals surface area contributed by atoms with Gasteiger partial charge in [0, 0.05) is 36.4 Å². The Bertz CT molecular complexity index is 584. The summed E-state index contributed by atoms with van der Waals surface area (Å²) in [6.07, 6.45) is 1.91. The normalized spacial score (nSPS) is 12.0. The number of benzene rings is 1. The highest BCUT2D eigenvalue weighted by atomic mass is 32.1. The fourth-order valence-corrected chi connectivity index (χ4v) is 2.43. The van der Waals surface area contributed by atoms with E-state index in [0.29, 0.717) is 13.0 Å². The molecule has 0 saturated carbocycles. The van der Waals surface area contributed by atoms with E-state index in [1.54, 1.807) is 36.4 Å². The third-order valence-electron chi connectivity index (χ3n) is 3.02. The molecule has 1 aromatic heterocycles. The second kappa shape index (κ2) is 7.19. The highest BCUT2D eigenvalue weighted by Gasteiger charge is 2.10. The van der Waals surface area contributed by atoms with E-state index in [1.165, 1.54) is 0 Å². The number of aliphatic hydroxyl groups is 1. The molecule has 0 saturated heterocycles. The molecule has 0 aliphatic carbocycles. The number of hydrogen-bond acceptors (Lipinski definition) is 4. The largest absolute Gasteiger partial charge is 0.393 e. The number of carbonyl (C=O) groups excluding carboxylic acids is 1. The first kappa shape index (κ1) is 15.5. The van der Waals surface area contributed by atoms with Crippen LogP contribution in [-0.4, -0.2) is 40.7 Å². The fraction of sp³-hybridized carbons (Fsp3) is 0.333. The summed E-state index contributed by atoms with van der Waals surface area (Å²) in [6.45, 7) is 2.22. The minimum absolute atomic E-state index is 0.188. The number of rotatable bonds is 5. The second-order valence-corrected chi connectivity index (χ2v) is 5.80. The third kappa shape index (κ3) is 4.54. The van der Waals surface area contributed by atoms with Crippen LogP contribution in [0.15, 0.2) is 35.8 Å². The van der Waals surface area contributed by atoms with Crippen LogP contribution in [-0.2, 0) is 0 Å². The molecule has 0 spiro atoms. The number of aliphatic hydroxyl groups excluding tert-OH is 1. The highest BCUT2D eigenvalue weighted by Crippen LogP contribution is 2.24. The maximum absolute atomic E-state index is 12.0. The standard InChI is InChI=1S/C15H19N3O2S/c1-11(19)6-8-18(2)15(20)17-13-5-3-4-12(10-13)14-16-7-9-21-14/h3-5,7,9-11,19H,6,8H2,1-2H3,(H,17,20). The van der Waals surface area contributed by atoms with Crippen molar-refractivity contribution in [2.75, 3.05) is 18.9 Å². The Labute approximate surface area is 128 Å². The highest BCUT2D eigenvalue weighted by molar-refractivity contribution is 7.13. The first-order valence-corrected chi connectivity index (χ1v) is 7.64. The average Bonchev–Trinajstić information content (AvgIpc) is 2.99. The molecule has 0 bridgehead atoms. The van der Waals surface area contributed by atoms with E-state index in [4.69, 9.17) is 0 Å². The number of aromatic nitrogens is 1. The monoisotopic (exact) mass is 305 g/mol. The summed E-state index contributed by atoms with van der Waals surface area (Å²) in [5.41, 5.74) is 1.71. The second-order valence-electron chi connectivity index (χ2n) is 4.91. The molecule has 2 amide bonds. The molecule has 6 heteroatoms. The van der Waals surface area contributed by atoms with E-state index in [9.17, 15) is 9.90 Å². The molecular formula is C15H19N3O2S. The van der Waals surface area contributed by atoms with Crippen LogP contribution in [0.1, 0.15) is 13.3 Å². The van der Waals surface area contributed by atoms with Gasteiger partial charge >= 0.3 is 6.03 Å². The summed E-state index contributed by atoms with van der Waals surface area (Å²) in [5, 5.41) is 14.9. The molecule has 1 atom stereocenters. The first-order valence-electron chi connectivity index (χ1n) is 6.76. The summed E-state index contributed by atoms with van der Waals surface area (Å²) >= 11 is 1.56. The van der Waals surface area contributed by atoms with Crippen molar-refractivity contribution in [1.82, 2.24) is 9.88 Å². The van der Waals surface area contributed by atoms with Crippen molar-refractivity contribution in [2.24, 2.45) is 0 Å². The maximum Gasteiger partial charge on any atom is 0.321 e. The van der Waals surface area contributed by atoms with E-state index in [0.717, 1.165) is 16.3 Å². The number of carbonyl (C=O) groups is 1. The molecule has 112 valence electrons. The van der Waals surface area contributed by atoms with E-state index in [2.05, 4.69) is 10.3 Å². The summed E-state index contributed by atoms with van der Waals surface area (Å²) < 4.78 is 0. The molecule has 1 heterocycles. The number of anilines is 1. The van der Waals surface area contributed by atoms with Gasteiger partial charge in [-0.2, -0.15) is 0 Å². The van der Waals surface area contributed by atoms with Gasteiger partial charge in [-0.3, -0.25) is 0 Å². The predicted octanol–water partition coefficient (Wildman–Crippen LogP) is 3.04. The number of amides is 2. The maximum atomic E-state index is 12.0. The van der Waals surface area contributed by atoms with E-state index >= 15 is 0 Å². The van der Waals surface area contributed by atoms with Gasteiger partial charge in [0.25, 0.3) is 0 Å². The fourth-order valence-electron chi connectivity index (χ4n) is 1.80. The number of nitrogens with one attached hydrogen (secondary N) is 1. The molecule has 0 aliphatic heterocycles. The molecule has 0 aliphatic rings. The van der Waals surface area contributed by atoms with E-state index in [-0.39, 0.29) is 6.03 Å². The molecule has 0 radical (unpaired) electrons. The topological polar surface area (TPSA) is 65.5 Å². The van der Waals surface area contributed by atoms with Crippen molar-refractivity contribution < 1.29 is 9.90 Å². The Morgan fingerprint density at radius 1 is 1.52 bits per heavy atom. The Kier molecular flexibility index (Phi) is 5.30. The molecule has 5 nitrogen and oxygen atoms in total. The van der Waals surface area contributed by atoms with Crippen molar-refractivity contribution in [2.45, 2.75) is 19.4 Å². The van der Waals surface area contributed by atoms with Crippen LogP contribution in [0.3, 0.4) is 0 Å². The zero-order valence-corrected chi connectivity index (χ0v) is 12.9. The van der Waals surface area contributed by atoms with Crippen LogP contribution in [0.25, 0.3) is 10.6 Å². The van der Waals surface area contributed by atoms with Gasteiger partial charge in [0.05, 0.1) is 6.10 Å². The smallest absolute Gasteiger partial charge is 0.321 e. The van der Waals surface area contributed by atoms with Crippen molar-refractivity contribution in [3.05, 3.63) is 35.8 Å². The van der Waals surface area contributed by atoms with Gasteiger partial charge in [0.15, 0.2) is 0 Å². The van der Waals surface area contributed by atoms with Crippen LogP contribution in [0.5, 0.6) is 0 Å². The zero-order valence-electron chi connectivity index (χ0n) is 12.1. The molecule has 2 aromatic rings. The lowest BCUT2D eigenvalue weighted by molar-refractivity contribution is 0.167. The van der Waals surface area contributed by atoms with Crippen molar-refractivity contribution >= 4 is 23.1 Å². The van der Waals surface area contributed by atoms with Gasteiger partial charge in [-0.15, -0.1) is 11.3 Å². The minimum Gasteiger partial charge on any atom is -0.393 e. The van der Waals surface area contributed by atoms with E-state index in [1.807, 2.05) is 29.6 Å². The lowest BCUT2D eigenvalue weighted by Crippen LogP contribution is -2.33. The van der Waals surface area contributed by atoms with Gasteiger partial charge in [-0.1, -0.05) is 12.1 Å². The lowest BCUT2D eigenvalue weighted by Gasteiger charge is -2.18. The molecule has 21 heavy (non-hydrogen) atoms. The van der Waals surface area contributed by atoms with Gasteiger partial charge in [-0.25, -0.2) is 9.78 Å². The number of nitrogens with zero attached hydrogens (tertiary/aromatic N) is 2. The van der Waals surface area contributed by atoms with Crippen LogP contribution < -0.4 is 5.32 Å². The first-order chi connectivity index (χ1) is 10.1. The summed E-state index contributed by atoms with van der Waals surface area (Å²) in [4.78, 5) is 17.9. The molecule has 2 N–H and O–H groups in total. The van der Waals surface area contributed by atoms with Crippen molar-refractivity contribution in [1.29, 1.82) is 0 Å². The number of thiazole rings is 1. The lowest BCUT2D eigenvalue weighted by atomic mass is 10.2. The van der Waals surface area contributed by atoms with Gasteiger partial charge in [0.2, 0.25) is 0 Å². The predicted molar refractivity (Wildman–Crippen MR) is 85.5 cm³/mol. The quantitative estimate of drug-likeness (QED) is 0.892. The van der Waals surface area contributed by atoms with Crippen LogP contribution in [0, 0.1) is 0 Å². The SMILES string of the molecule is CC(O)CCN(C)C(=O)Nc1cccc(-c2nccs2)c1. The Hall–Kier alpha value is -1.92. The van der Waals surface area contributed by atoms with Gasteiger partial charge in [0.1, 0.15) is 5.01 Å². The van der Waals surface area contributed by atoms with Crippen molar-refractivity contribution in [3.63, 3.8) is 0 Å². The average molecular weight is 305 g/mol. The summed E-state index contributed by atoms with van der Waals surface area (Å²) in [6, 6.07) is 7.41. The summed E-state index contributed by atoms with van der Waals surface area (Å²) in [7, 11) is 1.71. The molecular weight excluding hydrogens is 286 g/mol. The zero-order chi connectivity index (χ0) is 15.2. The van der Waals surface area contributed by atoms with Gasteiger partial charge < -0.3 is 15.3 Å². The third-order valence-corrected chi connectivity index (χ3v) is 3.84. The molecule has 2 rings (SSSR count).